The van der Waals surface area contributed by atoms with Crippen molar-refractivity contribution in [3.8, 4) is 0 Å². The van der Waals surface area contributed by atoms with Gasteiger partial charge in [-0.05, 0) is 41.4 Å². The monoisotopic (exact) mass is 338 g/mol. The molecule has 1 fully saturated rings. The number of hydrogen-bond acceptors (Lipinski definition) is 4. The molecular formula is C14H15BrN2O3. The molecule has 1 saturated heterocycles. The van der Waals surface area contributed by atoms with Crippen LogP contribution < -0.4 is 10.2 Å². The number of carbonyl (C=O) groups excluding carboxylic acids is 2. The molecule has 0 aromatic heterocycles. The number of amides is 1. The Morgan fingerprint density at radius 2 is 2.15 bits per heavy atom. The highest BCUT2D eigenvalue weighted by Gasteiger charge is 2.32. The van der Waals surface area contributed by atoms with Gasteiger partial charge in [-0.3, -0.25) is 9.59 Å². The summed E-state index contributed by atoms with van der Waals surface area (Å²) < 4.78 is 6.40. The Kier molecular flexibility index (Phi) is 3.30. The lowest BCUT2D eigenvalue weighted by Gasteiger charge is -2.30. The Labute approximate surface area is 125 Å². The number of ketones is 1. The van der Waals surface area contributed by atoms with Crippen molar-refractivity contribution >= 4 is 39.0 Å². The first-order valence-electron chi connectivity index (χ1n) is 6.52. The fourth-order valence-electron chi connectivity index (χ4n) is 2.83. The first-order valence-corrected chi connectivity index (χ1v) is 7.32. The van der Waals surface area contributed by atoms with Gasteiger partial charge in [0.15, 0.2) is 0 Å². The molecular weight excluding hydrogens is 324 g/mol. The third-order valence-corrected chi connectivity index (χ3v) is 4.63. The molecule has 3 rings (SSSR count). The van der Waals surface area contributed by atoms with Gasteiger partial charge in [-0.25, -0.2) is 0 Å². The molecule has 1 aromatic carbocycles. The standard InChI is InChI=1S/C14H15BrN2O3/c1-7-11(3-4-20-7)17(2)12-6-10-8(5-9(12)15)13(18)14(19)16-10/h5-7,11H,3-4H2,1-2H3,(H,16,18,19). The summed E-state index contributed by atoms with van der Waals surface area (Å²) >= 11 is 3.49. The van der Waals surface area contributed by atoms with Crippen molar-refractivity contribution in [2.24, 2.45) is 0 Å². The van der Waals surface area contributed by atoms with Gasteiger partial charge >= 0.3 is 0 Å². The van der Waals surface area contributed by atoms with Crippen LogP contribution in [0.4, 0.5) is 11.4 Å². The number of rotatable bonds is 2. The number of anilines is 2. The Hall–Kier alpha value is -1.40. The molecule has 106 valence electrons. The molecule has 2 aliphatic heterocycles. The average Bonchev–Trinajstić information content (AvgIpc) is 2.94. The van der Waals surface area contributed by atoms with Gasteiger partial charge in [0.05, 0.1) is 29.1 Å². The zero-order valence-corrected chi connectivity index (χ0v) is 12.9. The molecule has 0 radical (unpaired) electrons. The molecule has 2 aliphatic rings. The van der Waals surface area contributed by atoms with E-state index in [1.165, 1.54) is 0 Å². The zero-order chi connectivity index (χ0) is 14.4. The first-order chi connectivity index (χ1) is 9.49. The Bertz CT molecular complexity index is 602. The minimum absolute atomic E-state index is 0.163. The lowest BCUT2D eigenvalue weighted by atomic mass is 10.1. The maximum Gasteiger partial charge on any atom is 0.296 e. The third-order valence-electron chi connectivity index (χ3n) is 4.00. The topological polar surface area (TPSA) is 58.6 Å². The van der Waals surface area contributed by atoms with Crippen LogP contribution >= 0.6 is 15.9 Å². The average molecular weight is 339 g/mol. The number of benzene rings is 1. The maximum absolute atomic E-state index is 11.7. The number of nitrogens with one attached hydrogen (secondary N) is 1. The predicted molar refractivity (Wildman–Crippen MR) is 79.3 cm³/mol. The Balaban J connectivity index is 1.97. The van der Waals surface area contributed by atoms with Crippen LogP contribution in [0.2, 0.25) is 0 Å². The second-order valence-electron chi connectivity index (χ2n) is 5.18. The SMILES string of the molecule is CC1OCCC1N(C)c1cc2c(cc1Br)C(=O)C(=O)N2. The molecule has 1 amide bonds. The van der Waals surface area contributed by atoms with Crippen molar-refractivity contribution in [3.05, 3.63) is 22.2 Å². The normalized spacial score (nSPS) is 24.8. The van der Waals surface area contributed by atoms with E-state index in [-0.39, 0.29) is 12.1 Å². The fourth-order valence-corrected chi connectivity index (χ4v) is 3.46. The number of nitrogens with zero attached hydrogens (tertiary/aromatic N) is 1. The summed E-state index contributed by atoms with van der Waals surface area (Å²) in [5.74, 6) is -1.04. The van der Waals surface area contributed by atoms with Gasteiger partial charge in [-0.2, -0.15) is 0 Å². The van der Waals surface area contributed by atoms with Gasteiger partial charge < -0.3 is 15.0 Å². The Morgan fingerprint density at radius 1 is 1.40 bits per heavy atom. The smallest absolute Gasteiger partial charge is 0.296 e. The minimum atomic E-state index is -0.565. The number of fused-ring (bicyclic) bond motifs is 1. The number of ether oxygens (including phenoxy) is 1. The number of likely N-dealkylation sites (N-methyl/N-ethyl adjacent to an activating group) is 1. The molecule has 0 spiro atoms. The van der Waals surface area contributed by atoms with Gasteiger partial charge in [0.2, 0.25) is 0 Å². The van der Waals surface area contributed by atoms with Gasteiger partial charge in [0, 0.05) is 18.1 Å². The third kappa shape index (κ3) is 2.03. The molecule has 6 heteroatoms. The predicted octanol–water partition coefficient (Wildman–Crippen LogP) is 2.20. The van der Waals surface area contributed by atoms with E-state index >= 15 is 0 Å². The van der Waals surface area contributed by atoms with Crippen molar-refractivity contribution in [1.29, 1.82) is 0 Å². The largest absolute Gasteiger partial charge is 0.376 e. The first kappa shape index (κ1) is 13.6. The molecule has 0 saturated carbocycles. The minimum Gasteiger partial charge on any atom is -0.376 e. The summed E-state index contributed by atoms with van der Waals surface area (Å²) in [5, 5.41) is 2.60. The van der Waals surface area contributed by atoms with Crippen LogP contribution in [-0.2, 0) is 9.53 Å². The highest BCUT2D eigenvalue weighted by atomic mass is 79.9. The maximum atomic E-state index is 11.7. The molecule has 0 bridgehead atoms. The van der Waals surface area contributed by atoms with E-state index in [0.717, 1.165) is 23.2 Å². The van der Waals surface area contributed by atoms with Crippen LogP contribution in [0.3, 0.4) is 0 Å². The van der Waals surface area contributed by atoms with Crippen LogP contribution in [0.15, 0.2) is 16.6 Å². The molecule has 2 atom stereocenters. The molecule has 1 N–H and O–H groups in total. The van der Waals surface area contributed by atoms with Crippen LogP contribution in [0.5, 0.6) is 0 Å². The molecule has 2 unspecified atom stereocenters. The van der Waals surface area contributed by atoms with Crippen LogP contribution in [0.1, 0.15) is 23.7 Å². The van der Waals surface area contributed by atoms with Gasteiger partial charge in [-0.1, -0.05) is 0 Å². The molecule has 0 aliphatic carbocycles. The van der Waals surface area contributed by atoms with Crippen LogP contribution in [0, 0.1) is 0 Å². The van der Waals surface area contributed by atoms with Crippen molar-refractivity contribution in [3.63, 3.8) is 0 Å². The highest BCUT2D eigenvalue weighted by Crippen LogP contribution is 2.37. The fraction of sp³-hybridized carbons (Fsp3) is 0.429. The van der Waals surface area contributed by atoms with Gasteiger partial charge in [-0.15, -0.1) is 0 Å². The van der Waals surface area contributed by atoms with E-state index in [0.29, 0.717) is 11.3 Å². The second kappa shape index (κ2) is 4.86. The molecule has 20 heavy (non-hydrogen) atoms. The van der Waals surface area contributed by atoms with Gasteiger partial charge in [0.1, 0.15) is 0 Å². The Morgan fingerprint density at radius 3 is 2.80 bits per heavy atom. The van der Waals surface area contributed by atoms with Crippen molar-refractivity contribution in [2.45, 2.75) is 25.5 Å². The quantitative estimate of drug-likeness (QED) is 0.840. The molecule has 5 nitrogen and oxygen atoms in total. The van der Waals surface area contributed by atoms with E-state index in [1.807, 2.05) is 13.1 Å². The van der Waals surface area contributed by atoms with Crippen molar-refractivity contribution in [2.75, 3.05) is 23.9 Å². The second-order valence-corrected chi connectivity index (χ2v) is 6.03. The van der Waals surface area contributed by atoms with E-state index in [4.69, 9.17) is 4.74 Å². The summed E-state index contributed by atoms with van der Waals surface area (Å²) in [6, 6.07) is 3.84. The molecule has 1 aromatic rings. The van der Waals surface area contributed by atoms with E-state index in [1.54, 1.807) is 6.07 Å². The van der Waals surface area contributed by atoms with Gasteiger partial charge in [0.25, 0.3) is 11.7 Å². The lowest BCUT2D eigenvalue weighted by molar-refractivity contribution is -0.112. The van der Waals surface area contributed by atoms with Crippen LogP contribution in [0.25, 0.3) is 0 Å². The van der Waals surface area contributed by atoms with E-state index in [2.05, 4.69) is 33.1 Å². The number of carbonyl (C=O) groups is 2. The number of Topliss-reactive ketones (excluding diaryl/α,β-unsaturated/α-hetero) is 1. The van der Waals surface area contributed by atoms with E-state index in [9.17, 15) is 9.59 Å². The van der Waals surface area contributed by atoms with E-state index < -0.39 is 11.7 Å². The lowest BCUT2D eigenvalue weighted by Crippen LogP contribution is -2.36. The highest BCUT2D eigenvalue weighted by molar-refractivity contribution is 9.10. The summed E-state index contributed by atoms with van der Waals surface area (Å²) in [5.41, 5.74) is 1.95. The zero-order valence-electron chi connectivity index (χ0n) is 11.3. The van der Waals surface area contributed by atoms with Crippen LogP contribution in [-0.4, -0.2) is 37.5 Å². The van der Waals surface area contributed by atoms with Crippen molar-refractivity contribution < 1.29 is 14.3 Å². The molecule has 2 heterocycles. The summed E-state index contributed by atoms with van der Waals surface area (Å²) in [6.45, 7) is 2.81. The number of hydrogen-bond donors (Lipinski definition) is 1. The summed E-state index contributed by atoms with van der Waals surface area (Å²) in [4.78, 5) is 25.2. The van der Waals surface area contributed by atoms with Crippen molar-refractivity contribution in [1.82, 2.24) is 0 Å². The number of halogens is 1. The summed E-state index contributed by atoms with van der Waals surface area (Å²) in [7, 11) is 2.00. The summed E-state index contributed by atoms with van der Waals surface area (Å²) in [6.07, 6.45) is 1.13.